The minimum atomic E-state index is -5.35. The van der Waals surface area contributed by atoms with E-state index in [2.05, 4.69) is 4.98 Å². The van der Waals surface area contributed by atoms with Crippen molar-refractivity contribution < 1.29 is 45.8 Å². The maximum atomic E-state index is 14.4. The molecule has 1 N–H and O–H groups in total. The van der Waals surface area contributed by atoms with Gasteiger partial charge in [0.05, 0.1) is 16.6 Å². The standard InChI is InChI=1S/C24H23F6N3O4/c25-23(26,27)18-15-12-14(19(34)13-6-10-33(11-7-13)22(36)37)4-5-16(15)31-20(24(28,29)30)17(18)21(35)32-8-2-1-3-9-32/h4-5,12-13H,1-3,6-11H2,(H,36,37). The summed E-state index contributed by atoms with van der Waals surface area (Å²) in [7, 11) is 0. The summed E-state index contributed by atoms with van der Waals surface area (Å²) in [4.78, 5) is 42.8. The summed E-state index contributed by atoms with van der Waals surface area (Å²) in [5.41, 5.74) is -6.07. The SMILES string of the molecule is O=C(c1ccc2nc(C(F)(F)F)c(C(=O)N3CCCCC3)c(C(F)(F)F)c2c1)C1CCN(C(=O)O)CC1. The molecular formula is C24H23F6N3O4. The van der Waals surface area contributed by atoms with Gasteiger partial charge in [0, 0.05) is 43.0 Å². The normalized spacial score (nSPS) is 17.8. The van der Waals surface area contributed by atoms with Crippen molar-refractivity contribution in [3.63, 3.8) is 0 Å². The first-order chi connectivity index (χ1) is 17.3. The number of carbonyl (C=O) groups is 3. The highest BCUT2D eigenvalue weighted by molar-refractivity contribution is 6.05. The maximum Gasteiger partial charge on any atom is 0.434 e. The zero-order valence-corrected chi connectivity index (χ0v) is 19.5. The van der Waals surface area contributed by atoms with Gasteiger partial charge in [-0.05, 0) is 50.3 Å². The van der Waals surface area contributed by atoms with Crippen molar-refractivity contribution in [2.24, 2.45) is 5.92 Å². The predicted molar refractivity (Wildman–Crippen MR) is 118 cm³/mol. The first-order valence-corrected chi connectivity index (χ1v) is 11.7. The lowest BCUT2D eigenvalue weighted by atomic mass is 9.87. The number of pyridine rings is 1. The number of ketones is 1. The molecule has 2 aromatic rings. The van der Waals surface area contributed by atoms with E-state index < -0.39 is 63.8 Å². The van der Waals surface area contributed by atoms with Crippen LogP contribution < -0.4 is 0 Å². The van der Waals surface area contributed by atoms with Crippen molar-refractivity contribution in [2.45, 2.75) is 44.5 Å². The van der Waals surface area contributed by atoms with E-state index in [4.69, 9.17) is 5.11 Å². The fourth-order valence-corrected chi connectivity index (χ4v) is 4.95. The van der Waals surface area contributed by atoms with Crippen molar-refractivity contribution in [3.8, 4) is 0 Å². The molecule has 0 atom stereocenters. The number of halogens is 6. The lowest BCUT2D eigenvalue weighted by Gasteiger charge is -2.30. The van der Waals surface area contributed by atoms with E-state index >= 15 is 0 Å². The van der Waals surface area contributed by atoms with Gasteiger partial charge >= 0.3 is 18.4 Å². The molecule has 1 aromatic carbocycles. The zero-order valence-electron chi connectivity index (χ0n) is 19.5. The Balaban J connectivity index is 1.85. The average molecular weight is 531 g/mol. The van der Waals surface area contributed by atoms with Gasteiger partial charge in [0.15, 0.2) is 11.5 Å². The number of alkyl halides is 6. The monoisotopic (exact) mass is 531 g/mol. The number of amides is 2. The third kappa shape index (κ3) is 5.35. The number of carbonyl (C=O) groups excluding carboxylic acids is 2. The number of likely N-dealkylation sites (tertiary alicyclic amines) is 2. The first kappa shape index (κ1) is 26.7. The van der Waals surface area contributed by atoms with Gasteiger partial charge in [-0.1, -0.05) is 0 Å². The van der Waals surface area contributed by atoms with Crippen molar-refractivity contribution in [1.82, 2.24) is 14.8 Å². The Morgan fingerprint density at radius 3 is 2.03 bits per heavy atom. The minimum absolute atomic E-state index is 0.0268. The molecule has 0 bridgehead atoms. The van der Waals surface area contributed by atoms with Crippen LogP contribution in [0, 0.1) is 5.92 Å². The highest BCUT2D eigenvalue weighted by Gasteiger charge is 2.47. The topological polar surface area (TPSA) is 90.8 Å². The molecule has 1 aromatic heterocycles. The zero-order chi connectivity index (χ0) is 27.1. The molecule has 13 heteroatoms. The second-order valence-corrected chi connectivity index (χ2v) is 9.20. The Bertz CT molecular complexity index is 1230. The van der Waals surface area contributed by atoms with Crippen molar-refractivity contribution >= 4 is 28.7 Å². The Labute approximate surface area is 207 Å². The molecule has 4 rings (SSSR count). The van der Waals surface area contributed by atoms with Crippen LogP contribution in [0.5, 0.6) is 0 Å². The fourth-order valence-electron chi connectivity index (χ4n) is 4.95. The summed E-state index contributed by atoms with van der Waals surface area (Å²) in [5, 5.41) is 8.30. The highest BCUT2D eigenvalue weighted by Crippen LogP contribution is 2.43. The Kier molecular flexibility index (Phi) is 7.08. The van der Waals surface area contributed by atoms with Crippen molar-refractivity contribution in [3.05, 3.63) is 40.6 Å². The van der Waals surface area contributed by atoms with Gasteiger partial charge in [-0.15, -0.1) is 0 Å². The van der Waals surface area contributed by atoms with Crippen molar-refractivity contribution in [1.29, 1.82) is 0 Å². The van der Waals surface area contributed by atoms with Crippen LogP contribution in [-0.4, -0.2) is 63.9 Å². The van der Waals surface area contributed by atoms with Gasteiger partial charge < -0.3 is 14.9 Å². The third-order valence-electron chi connectivity index (χ3n) is 6.81. The summed E-state index contributed by atoms with van der Waals surface area (Å²) >= 11 is 0. The van der Waals surface area contributed by atoms with Gasteiger partial charge in [-0.2, -0.15) is 26.3 Å². The molecule has 3 heterocycles. The number of carboxylic acid groups (broad SMARTS) is 1. The minimum Gasteiger partial charge on any atom is -0.465 e. The number of hydrogen-bond donors (Lipinski definition) is 1. The van der Waals surface area contributed by atoms with Gasteiger partial charge in [-0.3, -0.25) is 9.59 Å². The number of piperidine rings is 2. The van der Waals surface area contributed by atoms with Crippen molar-refractivity contribution in [2.75, 3.05) is 26.2 Å². The van der Waals surface area contributed by atoms with Crippen LogP contribution in [0.25, 0.3) is 10.9 Å². The Morgan fingerprint density at radius 1 is 0.865 bits per heavy atom. The lowest BCUT2D eigenvalue weighted by molar-refractivity contribution is -0.145. The molecule has 0 unspecified atom stereocenters. The second kappa shape index (κ2) is 9.82. The molecule has 2 aliphatic rings. The van der Waals surface area contributed by atoms with Crippen LogP contribution in [0.15, 0.2) is 18.2 Å². The maximum absolute atomic E-state index is 14.4. The highest BCUT2D eigenvalue weighted by atomic mass is 19.4. The number of Topliss-reactive ketones (excluding diaryl/α,β-unsaturated/α-hetero) is 1. The molecule has 0 aliphatic carbocycles. The van der Waals surface area contributed by atoms with Crippen LogP contribution >= 0.6 is 0 Å². The summed E-state index contributed by atoms with van der Waals surface area (Å²) in [6.45, 7) is 0.189. The smallest absolute Gasteiger partial charge is 0.434 e. The number of benzene rings is 1. The predicted octanol–water partition coefficient (Wildman–Crippen LogP) is 5.47. The number of hydrogen-bond acceptors (Lipinski definition) is 4. The second-order valence-electron chi connectivity index (χ2n) is 9.20. The molecule has 2 aliphatic heterocycles. The molecule has 0 spiro atoms. The van der Waals surface area contributed by atoms with Gasteiger partial charge in [0.25, 0.3) is 5.91 Å². The van der Waals surface area contributed by atoms with Crippen LogP contribution in [-0.2, 0) is 12.4 Å². The number of aromatic nitrogens is 1. The molecule has 200 valence electrons. The summed E-state index contributed by atoms with van der Waals surface area (Å²) < 4.78 is 84.8. The fraction of sp³-hybridized carbons (Fsp3) is 0.500. The Morgan fingerprint density at radius 2 is 1.49 bits per heavy atom. The van der Waals surface area contributed by atoms with Crippen LogP contribution in [0.1, 0.15) is 64.1 Å². The van der Waals surface area contributed by atoms with Gasteiger partial charge in [-0.25, -0.2) is 9.78 Å². The molecule has 2 amide bonds. The number of rotatable bonds is 3. The quantitative estimate of drug-likeness (QED) is 0.419. The van der Waals surface area contributed by atoms with Crippen LogP contribution in [0.3, 0.4) is 0 Å². The van der Waals surface area contributed by atoms with Crippen LogP contribution in [0.2, 0.25) is 0 Å². The molecule has 2 saturated heterocycles. The molecule has 37 heavy (non-hydrogen) atoms. The van der Waals surface area contributed by atoms with Gasteiger partial charge in [0.1, 0.15) is 0 Å². The van der Waals surface area contributed by atoms with E-state index in [1.807, 2.05) is 0 Å². The number of fused-ring (bicyclic) bond motifs is 1. The van der Waals surface area contributed by atoms with E-state index in [0.29, 0.717) is 19.3 Å². The van der Waals surface area contributed by atoms with E-state index in [1.54, 1.807) is 0 Å². The largest absolute Gasteiger partial charge is 0.465 e. The average Bonchev–Trinajstić information content (AvgIpc) is 2.85. The summed E-state index contributed by atoms with van der Waals surface area (Å²) in [6, 6.07) is 2.85. The summed E-state index contributed by atoms with van der Waals surface area (Å²) in [6.07, 6.45) is -9.92. The van der Waals surface area contributed by atoms with E-state index in [9.17, 15) is 40.7 Å². The molecular weight excluding hydrogens is 508 g/mol. The molecule has 0 saturated carbocycles. The third-order valence-corrected chi connectivity index (χ3v) is 6.81. The molecule has 2 fully saturated rings. The van der Waals surface area contributed by atoms with Gasteiger partial charge in [0.2, 0.25) is 0 Å². The first-order valence-electron chi connectivity index (χ1n) is 11.7. The van der Waals surface area contributed by atoms with Crippen LogP contribution in [0.4, 0.5) is 31.1 Å². The van der Waals surface area contributed by atoms with E-state index in [1.165, 1.54) is 0 Å². The summed E-state index contributed by atoms with van der Waals surface area (Å²) in [5.74, 6) is -2.62. The number of nitrogens with zero attached hydrogens (tertiary/aromatic N) is 3. The van der Waals surface area contributed by atoms with E-state index in [-0.39, 0.29) is 44.6 Å². The molecule has 0 radical (unpaired) electrons. The lowest BCUT2D eigenvalue weighted by Crippen LogP contribution is -2.39. The van der Waals surface area contributed by atoms with E-state index in [0.717, 1.165) is 28.0 Å². The molecule has 7 nitrogen and oxygen atoms in total. The Hall–Kier alpha value is -3.38.